The van der Waals surface area contributed by atoms with E-state index in [1.165, 1.54) is 0 Å². The molecule has 1 radical (unpaired) electrons. The lowest BCUT2D eigenvalue weighted by Gasteiger charge is -1.97. The van der Waals surface area contributed by atoms with E-state index in [1.807, 2.05) is 6.92 Å². The zero-order valence-corrected chi connectivity index (χ0v) is 6.89. The first kappa shape index (κ1) is 9.47. The van der Waals surface area contributed by atoms with E-state index in [4.69, 9.17) is 0 Å². The number of amides is 1. The molecule has 0 saturated carbocycles. The fourth-order valence-electron chi connectivity index (χ4n) is 0.644. The largest absolute Gasteiger partial charge is 0.273 e. The number of hydrogen-bond acceptors (Lipinski definition) is 1. The van der Waals surface area contributed by atoms with E-state index in [9.17, 15) is 4.79 Å². The molecule has 0 unspecified atom stereocenters. The summed E-state index contributed by atoms with van der Waals surface area (Å²) < 4.78 is 0. The van der Waals surface area contributed by atoms with E-state index in [1.54, 1.807) is 0 Å². The van der Waals surface area contributed by atoms with Crippen molar-refractivity contribution in [2.75, 3.05) is 6.54 Å². The molecule has 0 bridgehead atoms. The van der Waals surface area contributed by atoms with E-state index < -0.39 is 0 Å². The van der Waals surface area contributed by atoms with Crippen molar-refractivity contribution >= 4 is 5.91 Å². The summed E-state index contributed by atoms with van der Waals surface area (Å²) in [5.41, 5.74) is 0. The zero-order valence-electron chi connectivity index (χ0n) is 6.89. The second-order valence-corrected chi connectivity index (χ2v) is 2.38. The maximum Gasteiger partial charge on any atom is 0.241 e. The Morgan fingerprint density at radius 2 is 2.00 bits per heavy atom. The number of carbonyl (C=O) groups is 1. The molecule has 2 heteroatoms. The molecule has 0 aromatic carbocycles. The standard InChI is InChI=1S/C8H16NO/c1-3-5-6-8(10)9-7-4-2/h3-7H2,1-2H3. The molecule has 0 saturated heterocycles. The van der Waals surface area contributed by atoms with E-state index in [0.717, 1.165) is 19.3 Å². The summed E-state index contributed by atoms with van der Waals surface area (Å²) in [6.07, 6.45) is 3.66. The van der Waals surface area contributed by atoms with Crippen LogP contribution in [0.25, 0.3) is 0 Å². The molecule has 59 valence electrons. The topological polar surface area (TPSA) is 31.2 Å². The van der Waals surface area contributed by atoms with E-state index >= 15 is 0 Å². The third kappa shape index (κ3) is 5.60. The highest BCUT2D eigenvalue weighted by Gasteiger charge is 1.98. The third-order valence-corrected chi connectivity index (χ3v) is 1.26. The van der Waals surface area contributed by atoms with Gasteiger partial charge >= 0.3 is 0 Å². The Hall–Kier alpha value is -0.530. The molecule has 0 atom stereocenters. The molecule has 0 aliphatic heterocycles. The average molecular weight is 142 g/mol. The Morgan fingerprint density at radius 3 is 2.50 bits per heavy atom. The Morgan fingerprint density at radius 1 is 1.30 bits per heavy atom. The number of hydrogen-bond donors (Lipinski definition) is 0. The summed E-state index contributed by atoms with van der Waals surface area (Å²) >= 11 is 0. The van der Waals surface area contributed by atoms with Gasteiger partial charge in [0.05, 0.1) is 0 Å². The van der Waals surface area contributed by atoms with Gasteiger partial charge in [-0.25, -0.2) is 0 Å². The SMILES string of the molecule is CCCCC(=O)[N]CCC. The van der Waals surface area contributed by atoms with Crippen molar-refractivity contribution in [1.29, 1.82) is 0 Å². The fourth-order valence-corrected chi connectivity index (χ4v) is 0.644. The molecule has 10 heavy (non-hydrogen) atoms. The zero-order chi connectivity index (χ0) is 7.82. The van der Waals surface area contributed by atoms with Crippen LogP contribution in [0, 0.1) is 0 Å². The molecule has 0 aliphatic carbocycles. The summed E-state index contributed by atoms with van der Waals surface area (Å²) in [4.78, 5) is 10.8. The quantitative estimate of drug-likeness (QED) is 0.575. The van der Waals surface area contributed by atoms with E-state index in [0.29, 0.717) is 13.0 Å². The van der Waals surface area contributed by atoms with Crippen LogP contribution < -0.4 is 5.32 Å². The summed E-state index contributed by atoms with van der Waals surface area (Å²) in [5.74, 6) is 0.0729. The molecule has 0 aromatic rings. The lowest BCUT2D eigenvalue weighted by Crippen LogP contribution is -2.15. The van der Waals surface area contributed by atoms with Gasteiger partial charge < -0.3 is 0 Å². The van der Waals surface area contributed by atoms with Crippen molar-refractivity contribution in [1.82, 2.24) is 5.32 Å². The van der Waals surface area contributed by atoms with Gasteiger partial charge in [0.15, 0.2) is 0 Å². The number of rotatable bonds is 5. The van der Waals surface area contributed by atoms with Crippen molar-refractivity contribution in [3.05, 3.63) is 0 Å². The van der Waals surface area contributed by atoms with Crippen LogP contribution in [0.3, 0.4) is 0 Å². The average Bonchev–Trinajstić information content (AvgIpc) is 1.97. The molecular weight excluding hydrogens is 126 g/mol. The molecule has 0 heterocycles. The van der Waals surface area contributed by atoms with Crippen LogP contribution in [0.4, 0.5) is 0 Å². The summed E-state index contributed by atoms with van der Waals surface area (Å²) in [6.45, 7) is 4.80. The van der Waals surface area contributed by atoms with Gasteiger partial charge in [-0.3, -0.25) is 10.1 Å². The Balaban J connectivity index is 3.09. The minimum Gasteiger partial charge on any atom is -0.273 e. The Kier molecular flexibility index (Phi) is 6.24. The Bertz CT molecular complexity index is 81.3. The van der Waals surface area contributed by atoms with Gasteiger partial charge in [-0.15, -0.1) is 0 Å². The summed E-state index contributed by atoms with van der Waals surface area (Å²) in [5, 5.41) is 3.84. The minimum absolute atomic E-state index is 0.0729. The van der Waals surface area contributed by atoms with E-state index in [2.05, 4.69) is 12.2 Å². The first-order chi connectivity index (χ1) is 4.81. The van der Waals surface area contributed by atoms with Crippen LogP contribution >= 0.6 is 0 Å². The molecule has 0 spiro atoms. The van der Waals surface area contributed by atoms with Gasteiger partial charge in [0.25, 0.3) is 0 Å². The molecule has 2 nitrogen and oxygen atoms in total. The third-order valence-electron chi connectivity index (χ3n) is 1.26. The lowest BCUT2D eigenvalue weighted by atomic mass is 10.2. The maximum atomic E-state index is 10.8. The molecular formula is C8H16NO. The first-order valence-corrected chi connectivity index (χ1v) is 4.01. The smallest absolute Gasteiger partial charge is 0.241 e. The predicted octanol–water partition coefficient (Wildman–Crippen LogP) is 1.72. The second kappa shape index (κ2) is 6.59. The normalized spacial score (nSPS) is 9.40. The van der Waals surface area contributed by atoms with Gasteiger partial charge in [-0.05, 0) is 12.8 Å². The van der Waals surface area contributed by atoms with Gasteiger partial charge in [-0.1, -0.05) is 20.3 Å². The van der Waals surface area contributed by atoms with Crippen LogP contribution in [-0.2, 0) is 4.79 Å². The van der Waals surface area contributed by atoms with Crippen LogP contribution in [0.5, 0.6) is 0 Å². The predicted molar refractivity (Wildman–Crippen MR) is 41.8 cm³/mol. The van der Waals surface area contributed by atoms with Gasteiger partial charge in [-0.2, -0.15) is 0 Å². The van der Waals surface area contributed by atoms with Gasteiger partial charge in [0.1, 0.15) is 0 Å². The van der Waals surface area contributed by atoms with Crippen molar-refractivity contribution < 1.29 is 4.79 Å². The van der Waals surface area contributed by atoms with E-state index in [-0.39, 0.29) is 5.91 Å². The van der Waals surface area contributed by atoms with Crippen LogP contribution in [-0.4, -0.2) is 12.5 Å². The maximum absolute atomic E-state index is 10.8. The monoisotopic (exact) mass is 142 g/mol. The Labute approximate surface area is 63.0 Å². The summed E-state index contributed by atoms with van der Waals surface area (Å²) in [7, 11) is 0. The first-order valence-electron chi connectivity index (χ1n) is 4.01. The van der Waals surface area contributed by atoms with Crippen molar-refractivity contribution in [2.24, 2.45) is 0 Å². The van der Waals surface area contributed by atoms with Crippen LogP contribution in [0.1, 0.15) is 39.5 Å². The number of unbranched alkanes of at least 4 members (excludes halogenated alkanes) is 1. The van der Waals surface area contributed by atoms with Crippen LogP contribution in [0.15, 0.2) is 0 Å². The molecule has 0 aliphatic rings. The highest BCUT2D eigenvalue weighted by Crippen LogP contribution is 1.93. The molecule has 0 rings (SSSR count). The van der Waals surface area contributed by atoms with Crippen molar-refractivity contribution in [3.8, 4) is 0 Å². The van der Waals surface area contributed by atoms with Gasteiger partial charge in [0.2, 0.25) is 5.91 Å². The van der Waals surface area contributed by atoms with Crippen LogP contribution in [0.2, 0.25) is 0 Å². The lowest BCUT2D eigenvalue weighted by molar-refractivity contribution is -0.121. The van der Waals surface area contributed by atoms with Crippen molar-refractivity contribution in [2.45, 2.75) is 39.5 Å². The number of carbonyl (C=O) groups excluding carboxylic acids is 1. The van der Waals surface area contributed by atoms with Gasteiger partial charge in [0, 0.05) is 13.0 Å². The highest BCUT2D eigenvalue weighted by atomic mass is 16.1. The molecule has 1 amide bonds. The summed E-state index contributed by atoms with van der Waals surface area (Å²) in [6, 6.07) is 0. The molecule has 0 aromatic heterocycles. The highest BCUT2D eigenvalue weighted by molar-refractivity contribution is 5.75. The fraction of sp³-hybridized carbons (Fsp3) is 0.875. The minimum atomic E-state index is 0.0729. The second-order valence-electron chi connectivity index (χ2n) is 2.38. The molecule has 0 N–H and O–H groups in total. The van der Waals surface area contributed by atoms with Crippen molar-refractivity contribution in [3.63, 3.8) is 0 Å². The number of nitrogens with zero attached hydrogens (tertiary/aromatic N) is 1. The molecule has 0 fully saturated rings.